The van der Waals surface area contributed by atoms with Gasteiger partial charge in [0.05, 0.1) is 5.84 Å². The van der Waals surface area contributed by atoms with Crippen LogP contribution < -0.4 is 5.73 Å². The molecule has 3 nitrogen and oxygen atoms in total. The Labute approximate surface area is 105 Å². The zero-order valence-corrected chi connectivity index (χ0v) is 11.3. The van der Waals surface area contributed by atoms with Gasteiger partial charge in [-0.05, 0) is 24.7 Å². The molecule has 1 aromatic rings. The standard InChI is InChI=1S/C12H18BrN3/c1-9(12(14)15)7-16(2)8-10-3-5-11(13)6-4-10/h3-6,9H,7-8H2,1-2H3,(H3,14,15). The van der Waals surface area contributed by atoms with Crippen LogP contribution in [0, 0.1) is 11.3 Å². The van der Waals surface area contributed by atoms with Crippen LogP contribution in [-0.2, 0) is 6.54 Å². The Hall–Kier alpha value is -0.870. The van der Waals surface area contributed by atoms with Gasteiger partial charge in [-0.2, -0.15) is 0 Å². The van der Waals surface area contributed by atoms with E-state index in [1.165, 1.54) is 5.56 Å². The van der Waals surface area contributed by atoms with Crippen LogP contribution in [0.3, 0.4) is 0 Å². The maximum Gasteiger partial charge on any atom is 0.0947 e. The maximum absolute atomic E-state index is 7.35. The summed E-state index contributed by atoms with van der Waals surface area (Å²) in [6, 6.07) is 8.27. The fourth-order valence-corrected chi connectivity index (χ4v) is 1.80. The van der Waals surface area contributed by atoms with Gasteiger partial charge in [0.2, 0.25) is 0 Å². The van der Waals surface area contributed by atoms with E-state index in [4.69, 9.17) is 11.1 Å². The van der Waals surface area contributed by atoms with E-state index in [1.807, 2.05) is 26.1 Å². The fourth-order valence-electron chi connectivity index (χ4n) is 1.53. The Morgan fingerprint density at radius 2 is 2.00 bits per heavy atom. The van der Waals surface area contributed by atoms with E-state index in [0.717, 1.165) is 17.6 Å². The van der Waals surface area contributed by atoms with E-state index in [1.54, 1.807) is 0 Å². The van der Waals surface area contributed by atoms with Crippen molar-refractivity contribution < 1.29 is 0 Å². The van der Waals surface area contributed by atoms with E-state index in [0.29, 0.717) is 0 Å². The average molecular weight is 284 g/mol. The molecule has 0 radical (unpaired) electrons. The molecule has 3 N–H and O–H groups in total. The van der Waals surface area contributed by atoms with Crippen LogP contribution in [0.1, 0.15) is 12.5 Å². The molecule has 0 aliphatic rings. The largest absolute Gasteiger partial charge is 0.387 e. The summed E-state index contributed by atoms with van der Waals surface area (Å²) in [6.45, 7) is 3.66. The van der Waals surface area contributed by atoms with Gasteiger partial charge < -0.3 is 10.6 Å². The highest BCUT2D eigenvalue weighted by Gasteiger charge is 2.09. The van der Waals surface area contributed by atoms with Crippen molar-refractivity contribution >= 4 is 21.8 Å². The zero-order chi connectivity index (χ0) is 12.1. The molecule has 0 aliphatic carbocycles. The highest BCUT2D eigenvalue weighted by Crippen LogP contribution is 2.12. The van der Waals surface area contributed by atoms with Crippen LogP contribution in [0.4, 0.5) is 0 Å². The lowest BCUT2D eigenvalue weighted by molar-refractivity contribution is 0.306. The lowest BCUT2D eigenvalue weighted by atomic mass is 10.1. The third-order valence-electron chi connectivity index (χ3n) is 2.48. The third-order valence-corrected chi connectivity index (χ3v) is 3.01. The van der Waals surface area contributed by atoms with Crippen molar-refractivity contribution in [1.29, 1.82) is 5.41 Å². The number of halogens is 1. The topological polar surface area (TPSA) is 53.1 Å². The van der Waals surface area contributed by atoms with Crippen LogP contribution in [0.25, 0.3) is 0 Å². The Morgan fingerprint density at radius 1 is 1.44 bits per heavy atom. The number of hydrogen-bond donors (Lipinski definition) is 2. The van der Waals surface area contributed by atoms with Gasteiger partial charge in [-0.25, -0.2) is 0 Å². The summed E-state index contributed by atoms with van der Waals surface area (Å²) in [5.74, 6) is 0.364. The molecule has 0 bridgehead atoms. The molecule has 1 atom stereocenters. The Morgan fingerprint density at radius 3 is 2.50 bits per heavy atom. The molecule has 1 rings (SSSR count). The van der Waals surface area contributed by atoms with Gasteiger partial charge in [-0.15, -0.1) is 0 Å². The van der Waals surface area contributed by atoms with Gasteiger partial charge in [0.15, 0.2) is 0 Å². The first-order valence-electron chi connectivity index (χ1n) is 5.26. The van der Waals surface area contributed by atoms with Gasteiger partial charge in [0.1, 0.15) is 0 Å². The highest BCUT2D eigenvalue weighted by molar-refractivity contribution is 9.10. The predicted molar refractivity (Wildman–Crippen MR) is 71.6 cm³/mol. The number of rotatable bonds is 5. The molecular weight excluding hydrogens is 266 g/mol. The molecule has 0 spiro atoms. The first kappa shape index (κ1) is 13.2. The minimum atomic E-state index is 0.112. The predicted octanol–water partition coefficient (Wildman–Crippen LogP) is 2.45. The van der Waals surface area contributed by atoms with Gasteiger partial charge in [0, 0.05) is 23.5 Å². The van der Waals surface area contributed by atoms with Gasteiger partial charge in [0.25, 0.3) is 0 Å². The second-order valence-corrected chi connectivity index (χ2v) is 5.10. The van der Waals surface area contributed by atoms with Crippen LogP contribution in [0.2, 0.25) is 0 Å². The molecular formula is C12H18BrN3. The van der Waals surface area contributed by atoms with E-state index in [9.17, 15) is 0 Å². The minimum Gasteiger partial charge on any atom is -0.387 e. The summed E-state index contributed by atoms with van der Waals surface area (Å²) in [6.07, 6.45) is 0. The van der Waals surface area contributed by atoms with Crippen molar-refractivity contribution in [2.75, 3.05) is 13.6 Å². The summed E-state index contributed by atoms with van der Waals surface area (Å²) in [5, 5.41) is 7.35. The number of benzene rings is 1. The van der Waals surface area contributed by atoms with Crippen molar-refractivity contribution in [2.24, 2.45) is 11.7 Å². The lowest BCUT2D eigenvalue weighted by Gasteiger charge is -2.20. The fraction of sp³-hybridized carbons (Fsp3) is 0.417. The minimum absolute atomic E-state index is 0.112. The Bertz CT molecular complexity index is 348. The van der Waals surface area contributed by atoms with Crippen molar-refractivity contribution in [1.82, 2.24) is 4.90 Å². The summed E-state index contributed by atoms with van der Waals surface area (Å²) >= 11 is 3.41. The van der Waals surface area contributed by atoms with Crippen molar-refractivity contribution in [3.05, 3.63) is 34.3 Å². The normalized spacial score (nSPS) is 12.8. The molecule has 0 saturated heterocycles. The number of nitrogens with zero attached hydrogens (tertiary/aromatic N) is 1. The highest BCUT2D eigenvalue weighted by atomic mass is 79.9. The van der Waals surface area contributed by atoms with Gasteiger partial charge in [-0.1, -0.05) is 35.0 Å². The molecule has 16 heavy (non-hydrogen) atoms. The number of hydrogen-bond acceptors (Lipinski definition) is 2. The molecule has 0 aliphatic heterocycles. The Balaban J connectivity index is 2.48. The first-order valence-corrected chi connectivity index (χ1v) is 6.05. The summed E-state index contributed by atoms with van der Waals surface area (Å²) in [4.78, 5) is 2.18. The SMILES string of the molecule is CC(CN(C)Cc1ccc(Br)cc1)C(=N)N. The molecule has 1 unspecified atom stereocenters. The van der Waals surface area contributed by atoms with Crippen molar-refractivity contribution in [3.8, 4) is 0 Å². The number of amidine groups is 1. The monoisotopic (exact) mass is 283 g/mol. The Kier molecular flexibility index (Phi) is 4.96. The van der Waals surface area contributed by atoms with E-state index in [-0.39, 0.29) is 11.8 Å². The van der Waals surface area contributed by atoms with Crippen molar-refractivity contribution in [3.63, 3.8) is 0 Å². The summed E-state index contributed by atoms with van der Waals surface area (Å²) in [5.41, 5.74) is 6.71. The van der Waals surface area contributed by atoms with Crippen LogP contribution >= 0.6 is 15.9 Å². The third kappa shape index (κ3) is 4.33. The van der Waals surface area contributed by atoms with Gasteiger partial charge >= 0.3 is 0 Å². The molecule has 0 heterocycles. The first-order chi connectivity index (χ1) is 7.49. The maximum atomic E-state index is 7.35. The molecule has 0 aromatic heterocycles. The molecule has 88 valence electrons. The van der Waals surface area contributed by atoms with Gasteiger partial charge in [-0.3, -0.25) is 5.41 Å². The van der Waals surface area contributed by atoms with E-state index < -0.39 is 0 Å². The van der Waals surface area contributed by atoms with Crippen LogP contribution in [0.15, 0.2) is 28.7 Å². The van der Waals surface area contributed by atoms with E-state index in [2.05, 4.69) is 33.0 Å². The second-order valence-electron chi connectivity index (χ2n) is 4.18. The average Bonchev–Trinajstić information content (AvgIpc) is 2.21. The molecule has 1 aromatic carbocycles. The van der Waals surface area contributed by atoms with Crippen LogP contribution in [0.5, 0.6) is 0 Å². The quantitative estimate of drug-likeness (QED) is 0.644. The molecule has 0 fully saturated rings. The molecule has 0 saturated carbocycles. The van der Waals surface area contributed by atoms with E-state index >= 15 is 0 Å². The molecule has 4 heteroatoms. The van der Waals surface area contributed by atoms with Crippen molar-refractivity contribution in [2.45, 2.75) is 13.5 Å². The molecule has 0 amide bonds. The zero-order valence-electron chi connectivity index (χ0n) is 9.70. The summed E-state index contributed by atoms with van der Waals surface area (Å²) in [7, 11) is 2.04. The summed E-state index contributed by atoms with van der Waals surface area (Å²) < 4.78 is 1.09. The second kappa shape index (κ2) is 6.01. The number of nitrogens with one attached hydrogen (secondary N) is 1. The number of nitrogens with two attached hydrogens (primary N) is 1. The van der Waals surface area contributed by atoms with Crippen LogP contribution in [-0.4, -0.2) is 24.3 Å². The lowest BCUT2D eigenvalue weighted by Crippen LogP contribution is -2.31. The smallest absolute Gasteiger partial charge is 0.0947 e.